The first-order chi connectivity index (χ1) is 21.9. The van der Waals surface area contributed by atoms with Gasteiger partial charge in [-0.1, -0.05) is 18.2 Å². The molecule has 0 atom stereocenters. The number of aromatic nitrogens is 1. The predicted molar refractivity (Wildman–Crippen MR) is 168 cm³/mol. The van der Waals surface area contributed by atoms with Crippen LogP contribution in [-0.4, -0.2) is 42.6 Å². The average molecular weight is 611 g/mol. The third-order valence-electron chi connectivity index (χ3n) is 8.87. The minimum absolute atomic E-state index is 0.0257. The number of hydrogen-bond acceptors (Lipinski definition) is 7. The van der Waals surface area contributed by atoms with Crippen LogP contribution in [0.25, 0.3) is 10.9 Å². The second kappa shape index (κ2) is 11.7. The number of carbonyl (C=O) groups excluding carboxylic acids is 2. The topological polar surface area (TPSA) is 111 Å². The Morgan fingerprint density at radius 3 is 2.29 bits per heavy atom. The molecule has 1 aromatic heterocycles. The highest BCUT2D eigenvalue weighted by Gasteiger charge is 2.56. The molecule has 3 saturated carbocycles. The van der Waals surface area contributed by atoms with E-state index in [4.69, 9.17) is 14.2 Å². The van der Waals surface area contributed by atoms with E-state index in [1.54, 1.807) is 55.8 Å². The third kappa shape index (κ3) is 6.28. The maximum atomic E-state index is 15.3. The van der Waals surface area contributed by atoms with Crippen molar-refractivity contribution in [3.63, 3.8) is 0 Å². The molecule has 3 N–H and O–H groups in total. The van der Waals surface area contributed by atoms with Crippen molar-refractivity contribution in [2.75, 3.05) is 30.9 Å². The number of pyridine rings is 1. The molecule has 10 heteroatoms. The smallest absolute Gasteiger partial charge is 0.240 e. The number of halogens is 1. The van der Waals surface area contributed by atoms with Crippen molar-refractivity contribution in [2.45, 2.75) is 44.1 Å². The summed E-state index contributed by atoms with van der Waals surface area (Å²) >= 11 is 0. The molecule has 1 heterocycles. The molecule has 9 nitrogen and oxygen atoms in total. The summed E-state index contributed by atoms with van der Waals surface area (Å²) in [7, 11) is 1.58. The van der Waals surface area contributed by atoms with Gasteiger partial charge < -0.3 is 30.2 Å². The summed E-state index contributed by atoms with van der Waals surface area (Å²) in [5.41, 5.74) is 0.310. The summed E-state index contributed by atoms with van der Waals surface area (Å²) in [6.45, 7) is 1.59. The maximum Gasteiger partial charge on any atom is 0.240 e. The number of hydrogen-bond donors (Lipinski definition) is 3. The van der Waals surface area contributed by atoms with Crippen LogP contribution in [0.4, 0.5) is 15.8 Å². The number of anilines is 2. The lowest BCUT2D eigenvalue weighted by atomic mass is 10.0. The minimum Gasteiger partial charge on any atom is -0.493 e. The Hall–Kier alpha value is -4.70. The maximum absolute atomic E-state index is 15.3. The van der Waals surface area contributed by atoms with Gasteiger partial charge in [-0.15, -0.1) is 0 Å². The van der Waals surface area contributed by atoms with Crippen molar-refractivity contribution >= 4 is 34.1 Å². The van der Waals surface area contributed by atoms with Gasteiger partial charge in [-0.2, -0.15) is 0 Å². The first kappa shape index (κ1) is 29.0. The van der Waals surface area contributed by atoms with Gasteiger partial charge in [-0.05, 0) is 87.4 Å². The molecule has 0 saturated heterocycles. The third-order valence-corrected chi connectivity index (χ3v) is 8.87. The fraction of sp³-hybridized carbons (Fsp3) is 0.343. The van der Waals surface area contributed by atoms with Crippen LogP contribution in [0.2, 0.25) is 0 Å². The van der Waals surface area contributed by atoms with Crippen molar-refractivity contribution in [1.82, 2.24) is 10.3 Å². The standard InChI is InChI=1S/C35H35FN4O5/c1-43-30-18-25-27(19-31(30)44-21-34(12-13-34)38-20-22-7-8-22)37-16-11-28(25)45-29-10-9-24(17-26(29)36)40-33(42)35(14-15-35)32(41)39-23-5-3-2-4-6-23/h2-6,9-11,16-19,22,38H,7-8,12-15,20-21H2,1H3,(H,39,41)(H,40,42). The number of carbonyl (C=O) groups is 2. The van der Waals surface area contributed by atoms with Crippen molar-refractivity contribution in [1.29, 1.82) is 0 Å². The highest BCUT2D eigenvalue weighted by atomic mass is 19.1. The number of benzene rings is 3. The summed E-state index contributed by atoms with van der Waals surface area (Å²) in [4.78, 5) is 30.4. The zero-order chi connectivity index (χ0) is 31.0. The van der Waals surface area contributed by atoms with Crippen LogP contribution in [0, 0.1) is 17.2 Å². The van der Waals surface area contributed by atoms with Crippen molar-refractivity contribution in [2.24, 2.45) is 11.3 Å². The number of ether oxygens (including phenoxy) is 3. The van der Waals surface area contributed by atoms with E-state index in [-0.39, 0.29) is 22.9 Å². The Balaban J connectivity index is 1.03. The average Bonchev–Trinajstić information content (AvgIpc) is 3.91. The summed E-state index contributed by atoms with van der Waals surface area (Å²) in [6, 6.07) is 18.4. The van der Waals surface area contributed by atoms with E-state index >= 15 is 4.39 Å². The Labute approximate surface area is 260 Å². The Bertz CT molecular complexity index is 1750. The Morgan fingerprint density at radius 2 is 1.62 bits per heavy atom. The zero-order valence-electron chi connectivity index (χ0n) is 25.0. The Kier molecular flexibility index (Phi) is 7.53. The molecule has 4 aromatic rings. The van der Waals surface area contributed by atoms with Crippen LogP contribution in [0.1, 0.15) is 38.5 Å². The van der Waals surface area contributed by atoms with Gasteiger partial charge in [-0.3, -0.25) is 14.6 Å². The van der Waals surface area contributed by atoms with Crippen molar-refractivity contribution < 1.29 is 28.2 Å². The zero-order valence-corrected chi connectivity index (χ0v) is 25.0. The lowest BCUT2D eigenvalue weighted by Gasteiger charge is -2.20. The van der Waals surface area contributed by atoms with Crippen molar-refractivity contribution in [3.8, 4) is 23.0 Å². The molecular weight excluding hydrogens is 575 g/mol. The molecule has 3 fully saturated rings. The van der Waals surface area contributed by atoms with Gasteiger partial charge in [0.1, 0.15) is 17.8 Å². The molecular formula is C35H35FN4O5. The van der Waals surface area contributed by atoms with Gasteiger partial charge in [0, 0.05) is 35.1 Å². The SMILES string of the molecule is COc1cc2c(Oc3ccc(NC(=O)C4(C(=O)Nc5ccccc5)CC4)cc3F)ccnc2cc1OCC1(NCC2CC2)CC1. The molecule has 2 amide bonds. The molecule has 0 spiro atoms. The van der Waals surface area contributed by atoms with Gasteiger partial charge in [0.05, 0.1) is 18.2 Å². The lowest BCUT2D eigenvalue weighted by Crippen LogP contribution is -2.38. The molecule has 3 aliphatic carbocycles. The highest BCUT2D eigenvalue weighted by molar-refractivity contribution is 6.16. The Morgan fingerprint density at radius 1 is 0.867 bits per heavy atom. The van der Waals surface area contributed by atoms with Crippen LogP contribution in [0.15, 0.2) is 72.9 Å². The van der Waals surface area contributed by atoms with Crippen LogP contribution in [-0.2, 0) is 9.59 Å². The fourth-order valence-electron chi connectivity index (χ4n) is 5.40. The van der Waals surface area contributed by atoms with E-state index in [9.17, 15) is 9.59 Å². The molecule has 0 unspecified atom stereocenters. The van der Waals surface area contributed by atoms with E-state index < -0.39 is 17.1 Å². The van der Waals surface area contributed by atoms with Crippen LogP contribution in [0.5, 0.6) is 23.0 Å². The monoisotopic (exact) mass is 610 g/mol. The summed E-state index contributed by atoms with van der Waals surface area (Å²) < 4.78 is 33.1. The second-order valence-corrected chi connectivity index (χ2v) is 12.3. The number of rotatable bonds is 13. The molecule has 3 aliphatic rings. The number of amides is 2. The van der Waals surface area contributed by atoms with Crippen molar-refractivity contribution in [3.05, 3.63) is 78.7 Å². The number of para-hydroxylation sites is 1. The van der Waals surface area contributed by atoms with Crippen LogP contribution in [0.3, 0.4) is 0 Å². The van der Waals surface area contributed by atoms with E-state index in [1.165, 1.54) is 25.0 Å². The van der Waals surface area contributed by atoms with Crippen LogP contribution < -0.4 is 30.2 Å². The van der Waals surface area contributed by atoms with E-state index in [2.05, 4.69) is 20.9 Å². The largest absolute Gasteiger partial charge is 0.493 e. The fourth-order valence-corrected chi connectivity index (χ4v) is 5.40. The molecule has 7 rings (SSSR count). The second-order valence-electron chi connectivity index (χ2n) is 12.3. The van der Waals surface area contributed by atoms with Crippen LogP contribution >= 0.6 is 0 Å². The van der Waals surface area contributed by atoms with E-state index in [1.807, 2.05) is 12.1 Å². The molecule has 0 bridgehead atoms. The first-order valence-corrected chi connectivity index (χ1v) is 15.4. The minimum atomic E-state index is -1.18. The quantitative estimate of drug-likeness (QED) is 0.149. The lowest BCUT2D eigenvalue weighted by molar-refractivity contribution is -0.131. The number of nitrogens with zero attached hydrogens (tertiary/aromatic N) is 1. The molecule has 0 radical (unpaired) electrons. The first-order valence-electron chi connectivity index (χ1n) is 15.4. The van der Waals surface area contributed by atoms with Gasteiger partial charge in [0.15, 0.2) is 23.1 Å². The predicted octanol–water partition coefficient (Wildman–Crippen LogP) is 6.44. The summed E-state index contributed by atoms with van der Waals surface area (Å²) in [5.74, 6) is 0.761. The van der Waals surface area contributed by atoms with Gasteiger partial charge >= 0.3 is 0 Å². The summed E-state index contributed by atoms with van der Waals surface area (Å²) in [6.07, 6.45) is 7.22. The van der Waals surface area contributed by atoms with Gasteiger partial charge in [-0.25, -0.2) is 4.39 Å². The number of fused-ring (bicyclic) bond motifs is 1. The molecule has 3 aromatic carbocycles. The van der Waals surface area contributed by atoms with E-state index in [0.29, 0.717) is 53.3 Å². The number of methoxy groups -OCH3 is 1. The number of nitrogens with one attached hydrogen (secondary N) is 3. The molecule has 0 aliphatic heterocycles. The molecule has 45 heavy (non-hydrogen) atoms. The normalized spacial score (nSPS) is 17.3. The molecule has 232 valence electrons. The van der Waals surface area contributed by atoms with Gasteiger partial charge in [0.25, 0.3) is 0 Å². The van der Waals surface area contributed by atoms with Gasteiger partial charge in [0.2, 0.25) is 11.8 Å². The highest BCUT2D eigenvalue weighted by Crippen LogP contribution is 2.48. The summed E-state index contributed by atoms with van der Waals surface area (Å²) in [5, 5.41) is 9.80. The van der Waals surface area contributed by atoms with E-state index in [0.717, 1.165) is 25.3 Å².